The van der Waals surface area contributed by atoms with Gasteiger partial charge in [-0.2, -0.15) is 0 Å². The number of hydrogen-bond acceptors (Lipinski definition) is 3. The number of urea groups is 1. The van der Waals surface area contributed by atoms with Gasteiger partial charge in [0.05, 0.1) is 6.61 Å². The highest BCUT2D eigenvalue weighted by atomic mass is 16.7. The standard InChI is InChI=1S/C13H24N2O3/c1-3-15(2)12(16)14-9-11-10-17-13(18-11)7-5-4-6-8-13/h11H,3-10H2,1-2H3,(H,14,16). The van der Waals surface area contributed by atoms with E-state index in [1.807, 2.05) is 6.92 Å². The van der Waals surface area contributed by atoms with Crippen LogP contribution < -0.4 is 5.32 Å². The Bertz CT molecular complexity index is 290. The molecule has 0 aromatic heterocycles. The number of ether oxygens (including phenoxy) is 2. The van der Waals surface area contributed by atoms with Crippen LogP contribution in [0.1, 0.15) is 39.0 Å². The van der Waals surface area contributed by atoms with Crippen LogP contribution in [0.2, 0.25) is 0 Å². The highest BCUT2D eigenvalue weighted by molar-refractivity contribution is 5.73. The molecule has 0 radical (unpaired) electrons. The number of amides is 2. The Labute approximate surface area is 109 Å². The van der Waals surface area contributed by atoms with E-state index in [2.05, 4.69) is 5.32 Å². The van der Waals surface area contributed by atoms with E-state index in [1.165, 1.54) is 19.3 Å². The Kier molecular flexibility index (Phi) is 4.45. The molecule has 0 aromatic carbocycles. The van der Waals surface area contributed by atoms with Crippen LogP contribution >= 0.6 is 0 Å². The summed E-state index contributed by atoms with van der Waals surface area (Å²) in [6.07, 6.45) is 5.61. The minimum Gasteiger partial charge on any atom is -0.347 e. The monoisotopic (exact) mass is 256 g/mol. The second kappa shape index (κ2) is 5.89. The fourth-order valence-corrected chi connectivity index (χ4v) is 2.55. The zero-order valence-electron chi connectivity index (χ0n) is 11.4. The zero-order chi connectivity index (χ0) is 13.0. The van der Waals surface area contributed by atoms with E-state index in [9.17, 15) is 4.79 Å². The van der Waals surface area contributed by atoms with Crippen molar-refractivity contribution in [3.63, 3.8) is 0 Å². The fourth-order valence-electron chi connectivity index (χ4n) is 2.55. The predicted molar refractivity (Wildman–Crippen MR) is 68.3 cm³/mol. The van der Waals surface area contributed by atoms with Crippen LogP contribution in [0.25, 0.3) is 0 Å². The molecule has 2 fully saturated rings. The number of carbonyl (C=O) groups is 1. The van der Waals surface area contributed by atoms with Gasteiger partial charge in [0.2, 0.25) is 0 Å². The van der Waals surface area contributed by atoms with Crippen LogP contribution in [0, 0.1) is 0 Å². The first kappa shape index (κ1) is 13.6. The maximum atomic E-state index is 11.6. The molecule has 1 aliphatic carbocycles. The smallest absolute Gasteiger partial charge is 0.317 e. The minimum atomic E-state index is -0.343. The van der Waals surface area contributed by atoms with E-state index in [0.717, 1.165) is 12.8 Å². The molecular formula is C13H24N2O3. The van der Waals surface area contributed by atoms with Crippen molar-refractivity contribution in [2.75, 3.05) is 26.7 Å². The summed E-state index contributed by atoms with van der Waals surface area (Å²) < 4.78 is 11.8. The van der Waals surface area contributed by atoms with Crippen molar-refractivity contribution >= 4 is 6.03 Å². The number of nitrogens with zero attached hydrogens (tertiary/aromatic N) is 1. The second-order valence-corrected chi connectivity index (χ2v) is 5.22. The van der Waals surface area contributed by atoms with E-state index in [0.29, 0.717) is 19.7 Å². The quantitative estimate of drug-likeness (QED) is 0.836. The van der Waals surface area contributed by atoms with Crippen molar-refractivity contribution in [2.24, 2.45) is 0 Å². The number of carbonyl (C=O) groups excluding carboxylic acids is 1. The maximum Gasteiger partial charge on any atom is 0.317 e. The molecule has 5 heteroatoms. The highest BCUT2D eigenvalue weighted by Crippen LogP contribution is 2.37. The molecule has 1 unspecified atom stereocenters. The molecule has 1 saturated carbocycles. The molecule has 2 aliphatic rings. The van der Waals surface area contributed by atoms with Crippen LogP contribution in [0.5, 0.6) is 0 Å². The van der Waals surface area contributed by atoms with Gasteiger partial charge in [0.25, 0.3) is 0 Å². The first-order valence-corrected chi connectivity index (χ1v) is 6.96. The summed E-state index contributed by atoms with van der Waals surface area (Å²) >= 11 is 0. The molecule has 1 N–H and O–H groups in total. The molecule has 0 bridgehead atoms. The van der Waals surface area contributed by atoms with Gasteiger partial charge in [-0.25, -0.2) is 4.79 Å². The Morgan fingerprint density at radius 1 is 1.39 bits per heavy atom. The normalized spacial score (nSPS) is 26.2. The van der Waals surface area contributed by atoms with Crippen molar-refractivity contribution in [1.82, 2.24) is 10.2 Å². The zero-order valence-corrected chi connectivity index (χ0v) is 11.4. The summed E-state index contributed by atoms with van der Waals surface area (Å²) in [7, 11) is 1.78. The third kappa shape index (κ3) is 3.14. The molecule has 5 nitrogen and oxygen atoms in total. The summed E-state index contributed by atoms with van der Waals surface area (Å²) in [5.74, 6) is -0.343. The van der Waals surface area contributed by atoms with E-state index in [1.54, 1.807) is 11.9 Å². The molecule has 104 valence electrons. The van der Waals surface area contributed by atoms with Crippen LogP contribution in [0.3, 0.4) is 0 Å². The summed E-state index contributed by atoms with van der Waals surface area (Å²) in [5, 5.41) is 2.88. The lowest BCUT2D eigenvalue weighted by Gasteiger charge is -2.31. The van der Waals surface area contributed by atoms with Gasteiger partial charge in [0.1, 0.15) is 6.10 Å². The molecule has 1 saturated heterocycles. The Hall–Kier alpha value is -0.810. The van der Waals surface area contributed by atoms with Crippen LogP contribution in [-0.4, -0.2) is 49.6 Å². The third-order valence-corrected chi connectivity index (χ3v) is 3.83. The lowest BCUT2D eigenvalue weighted by atomic mass is 9.94. The predicted octanol–water partition coefficient (Wildman–Crippen LogP) is 1.72. The summed E-state index contributed by atoms with van der Waals surface area (Å²) in [4.78, 5) is 13.3. The molecule has 0 aromatic rings. The average Bonchev–Trinajstić information content (AvgIpc) is 2.79. The Morgan fingerprint density at radius 3 is 2.78 bits per heavy atom. The molecule has 2 rings (SSSR count). The molecule has 18 heavy (non-hydrogen) atoms. The summed E-state index contributed by atoms with van der Waals surface area (Å²) in [6, 6.07) is -0.0503. The Balaban J connectivity index is 1.74. The van der Waals surface area contributed by atoms with Gasteiger partial charge >= 0.3 is 6.03 Å². The van der Waals surface area contributed by atoms with E-state index < -0.39 is 0 Å². The largest absolute Gasteiger partial charge is 0.347 e. The first-order chi connectivity index (χ1) is 8.65. The van der Waals surface area contributed by atoms with Gasteiger partial charge in [-0.1, -0.05) is 6.42 Å². The topological polar surface area (TPSA) is 50.8 Å². The SMILES string of the molecule is CCN(C)C(=O)NCC1COC2(CCCCC2)O1. The number of nitrogens with one attached hydrogen (secondary N) is 1. The second-order valence-electron chi connectivity index (χ2n) is 5.22. The first-order valence-electron chi connectivity index (χ1n) is 6.96. The van der Waals surface area contributed by atoms with E-state index >= 15 is 0 Å². The van der Waals surface area contributed by atoms with Gasteiger partial charge in [0.15, 0.2) is 5.79 Å². The van der Waals surface area contributed by atoms with Crippen molar-refractivity contribution < 1.29 is 14.3 Å². The van der Waals surface area contributed by atoms with Crippen LogP contribution in [0.4, 0.5) is 4.79 Å². The number of rotatable bonds is 3. The molecule has 2 amide bonds. The summed E-state index contributed by atoms with van der Waals surface area (Å²) in [5.41, 5.74) is 0. The van der Waals surface area contributed by atoms with Crippen molar-refractivity contribution in [2.45, 2.75) is 50.9 Å². The van der Waals surface area contributed by atoms with Crippen molar-refractivity contribution in [1.29, 1.82) is 0 Å². The van der Waals surface area contributed by atoms with Crippen LogP contribution in [-0.2, 0) is 9.47 Å². The fraction of sp³-hybridized carbons (Fsp3) is 0.923. The maximum absolute atomic E-state index is 11.6. The van der Waals surface area contributed by atoms with Crippen molar-refractivity contribution in [3.05, 3.63) is 0 Å². The molecule has 1 spiro atoms. The lowest BCUT2D eigenvalue weighted by molar-refractivity contribution is -0.186. The minimum absolute atomic E-state index is 0.00249. The molecule has 1 heterocycles. The van der Waals surface area contributed by atoms with E-state index in [4.69, 9.17) is 9.47 Å². The van der Waals surface area contributed by atoms with Crippen molar-refractivity contribution in [3.8, 4) is 0 Å². The molecular weight excluding hydrogens is 232 g/mol. The van der Waals surface area contributed by atoms with Gasteiger partial charge in [-0.15, -0.1) is 0 Å². The van der Waals surface area contributed by atoms with Crippen LogP contribution in [0.15, 0.2) is 0 Å². The molecule has 1 atom stereocenters. The highest BCUT2D eigenvalue weighted by Gasteiger charge is 2.42. The number of hydrogen-bond donors (Lipinski definition) is 1. The van der Waals surface area contributed by atoms with E-state index in [-0.39, 0.29) is 17.9 Å². The molecule has 1 aliphatic heterocycles. The lowest BCUT2D eigenvalue weighted by Crippen LogP contribution is -2.42. The van der Waals surface area contributed by atoms with Gasteiger partial charge in [-0.3, -0.25) is 0 Å². The summed E-state index contributed by atoms with van der Waals surface area (Å²) in [6.45, 7) is 3.78. The third-order valence-electron chi connectivity index (χ3n) is 3.83. The van der Waals surface area contributed by atoms with Gasteiger partial charge in [0, 0.05) is 33.0 Å². The average molecular weight is 256 g/mol. The van der Waals surface area contributed by atoms with Gasteiger partial charge < -0.3 is 19.7 Å². The van der Waals surface area contributed by atoms with Gasteiger partial charge in [-0.05, 0) is 19.8 Å². The Morgan fingerprint density at radius 2 is 2.11 bits per heavy atom.